The van der Waals surface area contributed by atoms with Crippen LogP contribution in [0, 0.1) is 11.8 Å². The van der Waals surface area contributed by atoms with Gasteiger partial charge in [0.2, 0.25) is 5.91 Å². The maximum Gasteiger partial charge on any atom is 0.262 e. The molecule has 1 aliphatic carbocycles. The molecule has 1 unspecified atom stereocenters. The van der Waals surface area contributed by atoms with Crippen LogP contribution in [-0.2, 0) is 4.79 Å². The third-order valence-electron chi connectivity index (χ3n) is 4.53. The van der Waals surface area contributed by atoms with Crippen molar-refractivity contribution in [3.05, 3.63) is 0 Å². The highest BCUT2D eigenvalue weighted by Crippen LogP contribution is 2.30. The van der Waals surface area contributed by atoms with Gasteiger partial charge in [0.25, 0.3) is 5.92 Å². The van der Waals surface area contributed by atoms with E-state index in [-0.39, 0.29) is 18.9 Å². The van der Waals surface area contributed by atoms with Gasteiger partial charge in [-0.15, -0.1) is 0 Å². The zero-order valence-electron chi connectivity index (χ0n) is 11.6. The van der Waals surface area contributed by atoms with Crippen LogP contribution in [0.3, 0.4) is 0 Å². The van der Waals surface area contributed by atoms with Gasteiger partial charge < -0.3 is 5.32 Å². The van der Waals surface area contributed by atoms with E-state index in [0.717, 1.165) is 18.8 Å². The van der Waals surface area contributed by atoms with Crippen LogP contribution in [0.25, 0.3) is 0 Å². The summed E-state index contributed by atoms with van der Waals surface area (Å²) in [5.41, 5.74) is 0. The summed E-state index contributed by atoms with van der Waals surface area (Å²) in [6.45, 7) is 2.48. The van der Waals surface area contributed by atoms with Crippen molar-refractivity contribution in [3.63, 3.8) is 0 Å². The third-order valence-corrected chi connectivity index (χ3v) is 4.53. The minimum Gasteiger partial charge on any atom is -0.354 e. The number of rotatable bonds is 4. The Morgan fingerprint density at radius 2 is 1.89 bits per heavy atom. The Bertz CT molecular complexity index is 315. The average Bonchev–Trinajstić information content (AvgIpc) is 2.77. The molecule has 0 bridgehead atoms. The fourth-order valence-corrected chi connectivity index (χ4v) is 3.11. The van der Waals surface area contributed by atoms with E-state index >= 15 is 0 Å². The number of alkyl halides is 2. The lowest BCUT2D eigenvalue weighted by molar-refractivity contribution is -0.123. The van der Waals surface area contributed by atoms with E-state index in [2.05, 4.69) is 17.6 Å². The zero-order valence-corrected chi connectivity index (χ0v) is 11.6. The summed E-state index contributed by atoms with van der Waals surface area (Å²) >= 11 is 0. The number of carbonyl (C=O) groups excluding carboxylic acids is 1. The molecule has 1 saturated carbocycles. The van der Waals surface area contributed by atoms with Gasteiger partial charge in [0.1, 0.15) is 0 Å². The van der Waals surface area contributed by atoms with Crippen LogP contribution < -0.4 is 10.6 Å². The first-order chi connectivity index (χ1) is 9.00. The van der Waals surface area contributed by atoms with E-state index in [9.17, 15) is 13.6 Å². The van der Waals surface area contributed by atoms with Crippen LogP contribution in [0.15, 0.2) is 0 Å². The van der Waals surface area contributed by atoms with Crippen molar-refractivity contribution in [3.8, 4) is 0 Å². The number of amides is 1. The lowest BCUT2D eigenvalue weighted by atomic mass is 9.81. The van der Waals surface area contributed by atoms with E-state index in [1.54, 1.807) is 0 Å². The molecule has 19 heavy (non-hydrogen) atoms. The number of nitrogens with one attached hydrogen (secondary N) is 2. The maximum absolute atomic E-state index is 13.0. The van der Waals surface area contributed by atoms with Gasteiger partial charge in [0, 0.05) is 13.0 Å². The van der Waals surface area contributed by atoms with Crippen molar-refractivity contribution in [2.75, 3.05) is 13.1 Å². The molecule has 110 valence electrons. The van der Waals surface area contributed by atoms with Gasteiger partial charge >= 0.3 is 0 Å². The predicted molar refractivity (Wildman–Crippen MR) is 70.1 cm³/mol. The minimum atomic E-state index is -2.73. The highest BCUT2D eigenvalue weighted by molar-refractivity contribution is 5.82. The van der Waals surface area contributed by atoms with Gasteiger partial charge in [-0.1, -0.05) is 26.2 Å². The molecule has 1 saturated heterocycles. The molecule has 5 heteroatoms. The quantitative estimate of drug-likeness (QED) is 0.826. The Labute approximate surface area is 113 Å². The molecule has 0 radical (unpaired) electrons. The molecule has 1 heterocycles. The molecule has 0 aromatic rings. The molecule has 1 amide bonds. The first-order valence-corrected chi connectivity index (χ1v) is 7.39. The van der Waals surface area contributed by atoms with Crippen LogP contribution in [0.4, 0.5) is 8.78 Å². The molecule has 0 spiro atoms. The molecule has 1 atom stereocenters. The monoisotopic (exact) mass is 274 g/mol. The Balaban J connectivity index is 1.67. The predicted octanol–water partition coefficient (Wildman–Crippen LogP) is 2.32. The van der Waals surface area contributed by atoms with E-state index in [1.807, 2.05) is 0 Å². The van der Waals surface area contributed by atoms with Crippen molar-refractivity contribution in [2.24, 2.45) is 11.8 Å². The lowest BCUT2D eigenvalue weighted by Crippen LogP contribution is -2.42. The van der Waals surface area contributed by atoms with Crippen LogP contribution in [0.2, 0.25) is 0 Å². The fourth-order valence-electron chi connectivity index (χ4n) is 3.11. The normalized spacial score (nSPS) is 34.2. The van der Waals surface area contributed by atoms with Gasteiger partial charge in [0.05, 0.1) is 12.6 Å². The van der Waals surface area contributed by atoms with Gasteiger partial charge in [-0.05, 0) is 24.7 Å². The average molecular weight is 274 g/mol. The third kappa shape index (κ3) is 4.13. The van der Waals surface area contributed by atoms with Gasteiger partial charge in [-0.25, -0.2) is 8.78 Å². The second-order valence-corrected chi connectivity index (χ2v) is 6.03. The lowest BCUT2D eigenvalue weighted by Gasteiger charge is -2.28. The minimum absolute atomic E-state index is 0.269. The first kappa shape index (κ1) is 14.7. The zero-order chi connectivity index (χ0) is 13.9. The van der Waals surface area contributed by atoms with Crippen LogP contribution in [0.5, 0.6) is 0 Å². The summed E-state index contributed by atoms with van der Waals surface area (Å²) in [7, 11) is 0. The molecule has 2 aliphatic rings. The number of hydrogen-bond donors (Lipinski definition) is 2. The second kappa shape index (κ2) is 6.16. The molecule has 3 nitrogen and oxygen atoms in total. The van der Waals surface area contributed by atoms with E-state index < -0.39 is 12.0 Å². The Morgan fingerprint density at radius 1 is 1.26 bits per heavy atom. The van der Waals surface area contributed by atoms with Gasteiger partial charge in [0.15, 0.2) is 0 Å². The molecular weight excluding hydrogens is 250 g/mol. The number of carbonyl (C=O) groups is 1. The van der Waals surface area contributed by atoms with Crippen molar-refractivity contribution >= 4 is 5.91 Å². The summed E-state index contributed by atoms with van der Waals surface area (Å²) in [6.07, 6.45) is 5.62. The van der Waals surface area contributed by atoms with Gasteiger partial charge in [-0.2, -0.15) is 0 Å². The SMILES string of the molecule is CCC1CCC(CNC(=O)C2CC(F)(F)CN2)CC1. The topological polar surface area (TPSA) is 41.1 Å². The molecule has 1 aliphatic heterocycles. The summed E-state index contributed by atoms with van der Waals surface area (Å²) in [6, 6.07) is -0.720. The first-order valence-electron chi connectivity index (χ1n) is 7.39. The summed E-state index contributed by atoms with van der Waals surface area (Å²) in [5.74, 6) is -1.65. The van der Waals surface area contributed by atoms with Crippen LogP contribution in [-0.4, -0.2) is 31.0 Å². The van der Waals surface area contributed by atoms with Crippen molar-refractivity contribution in [1.82, 2.24) is 10.6 Å². The van der Waals surface area contributed by atoms with Crippen molar-refractivity contribution in [2.45, 2.75) is 57.4 Å². The fraction of sp³-hybridized carbons (Fsp3) is 0.929. The Hall–Kier alpha value is -0.710. The number of hydrogen-bond acceptors (Lipinski definition) is 2. The second-order valence-electron chi connectivity index (χ2n) is 6.03. The van der Waals surface area contributed by atoms with E-state index in [1.165, 1.54) is 19.3 Å². The molecule has 0 aromatic carbocycles. The molecule has 2 fully saturated rings. The highest BCUT2D eigenvalue weighted by Gasteiger charge is 2.42. The molecule has 0 aromatic heterocycles. The smallest absolute Gasteiger partial charge is 0.262 e. The van der Waals surface area contributed by atoms with Crippen LogP contribution in [0.1, 0.15) is 45.4 Å². The maximum atomic E-state index is 13.0. The summed E-state index contributed by atoms with van der Waals surface area (Å²) in [5, 5.41) is 5.42. The van der Waals surface area contributed by atoms with E-state index in [0.29, 0.717) is 12.5 Å². The molecular formula is C14H24F2N2O. The largest absolute Gasteiger partial charge is 0.354 e. The van der Waals surface area contributed by atoms with Crippen molar-refractivity contribution < 1.29 is 13.6 Å². The Kier molecular flexibility index (Phi) is 4.76. The van der Waals surface area contributed by atoms with Crippen molar-refractivity contribution in [1.29, 1.82) is 0 Å². The highest BCUT2D eigenvalue weighted by atomic mass is 19.3. The standard InChI is InChI=1S/C14H24F2N2O/c1-2-10-3-5-11(6-4-10)8-17-13(19)12-7-14(15,16)9-18-12/h10-12,18H,2-9H2,1H3,(H,17,19). The Morgan fingerprint density at radius 3 is 2.42 bits per heavy atom. The molecule has 2 rings (SSSR count). The van der Waals surface area contributed by atoms with E-state index in [4.69, 9.17) is 0 Å². The number of halogens is 2. The van der Waals surface area contributed by atoms with Gasteiger partial charge in [-0.3, -0.25) is 10.1 Å². The summed E-state index contributed by atoms with van der Waals surface area (Å²) in [4.78, 5) is 11.8. The van der Waals surface area contributed by atoms with Crippen LogP contribution >= 0.6 is 0 Å². The summed E-state index contributed by atoms with van der Waals surface area (Å²) < 4.78 is 26.0. The molecule has 2 N–H and O–H groups in total.